The van der Waals surface area contributed by atoms with Crippen molar-refractivity contribution in [1.29, 1.82) is 0 Å². The van der Waals surface area contributed by atoms with E-state index in [1.54, 1.807) is 25.2 Å². The van der Waals surface area contributed by atoms with Gasteiger partial charge >= 0.3 is 0 Å². The van der Waals surface area contributed by atoms with Gasteiger partial charge in [-0.05, 0) is 17.7 Å². The molecular formula is C13H18N4O2. The summed E-state index contributed by atoms with van der Waals surface area (Å²) in [5.41, 5.74) is 1.12. The third-order valence-corrected chi connectivity index (χ3v) is 2.71. The molecule has 19 heavy (non-hydrogen) atoms. The largest absolute Gasteiger partial charge is 0.493 e. The lowest BCUT2D eigenvalue weighted by Crippen LogP contribution is -2.14. The number of ether oxygens (including phenoxy) is 2. The first-order chi connectivity index (χ1) is 9.22. The molecule has 0 saturated carbocycles. The van der Waals surface area contributed by atoms with E-state index in [9.17, 15) is 0 Å². The Kier molecular flexibility index (Phi) is 4.35. The van der Waals surface area contributed by atoms with E-state index in [-0.39, 0.29) is 0 Å². The highest BCUT2D eigenvalue weighted by atomic mass is 16.5. The predicted molar refractivity (Wildman–Crippen MR) is 71.1 cm³/mol. The minimum absolute atomic E-state index is 0.634. The lowest BCUT2D eigenvalue weighted by molar-refractivity contribution is 0.354. The van der Waals surface area contributed by atoms with Gasteiger partial charge in [-0.2, -0.15) is 5.10 Å². The third-order valence-electron chi connectivity index (χ3n) is 2.71. The molecule has 1 aromatic carbocycles. The summed E-state index contributed by atoms with van der Waals surface area (Å²) >= 11 is 0. The van der Waals surface area contributed by atoms with Crippen molar-refractivity contribution >= 4 is 0 Å². The first-order valence-corrected chi connectivity index (χ1v) is 5.99. The van der Waals surface area contributed by atoms with Crippen LogP contribution in [0.3, 0.4) is 0 Å². The number of methoxy groups -OCH3 is 2. The van der Waals surface area contributed by atoms with Gasteiger partial charge in [-0.3, -0.25) is 4.68 Å². The van der Waals surface area contributed by atoms with Crippen LogP contribution >= 0.6 is 0 Å². The summed E-state index contributed by atoms with van der Waals surface area (Å²) < 4.78 is 12.2. The number of hydrogen-bond acceptors (Lipinski definition) is 5. The molecule has 2 aromatic rings. The molecule has 6 heteroatoms. The highest BCUT2D eigenvalue weighted by Crippen LogP contribution is 2.27. The van der Waals surface area contributed by atoms with E-state index < -0.39 is 0 Å². The average Bonchev–Trinajstić information content (AvgIpc) is 2.84. The average molecular weight is 262 g/mol. The van der Waals surface area contributed by atoms with Crippen LogP contribution < -0.4 is 14.8 Å². The topological polar surface area (TPSA) is 61.2 Å². The van der Waals surface area contributed by atoms with E-state index in [4.69, 9.17) is 9.47 Å². The maximum absolute atomic E-state index is 5.26. The summed E-state index contributed by atoms with van der Waals surface area (Å²) in [4.78, 5) is 4.15. The van der Waals surface area contributed by atoms with Crippen molar-refractivity contribution in [1.82, 2.24) is 20.1 Å². The second kappa shape index (κ2) is 6.19. The number of benzene rings is 1. The molecule has 0 aliphatic rings. The highest BCUT2D eigenvalue weighted by Gasteiger charge is 2.04. The molecule has 0 fully saturated rings. The van der Waals surface area contributed by atoms with Crippen molar-refractivity contribution in [3.63, 3.8) is 0 Å². The maximum Gasteiger partial charge on any atom is 0.164 e. The Hall–Kier alpha value is -2.08. The molecule has 0 saturated heterocycles. The molecule has 1 N–H and O–H groups in total. The molecule has 6 nitrogen and oxygen atoms in total. The molecule has 2 rings (SSSR count). The van der Waals surface area contributed by atoms with Crippen LogP contribution in [0, 0.1) is 0 Å². The molecule has 0 atom stereocenters. The first kappa shape index (κ1) is 13.4. The van der Waals surface area contributed by atoms with Crippen LogP contribution in [0.4, 0.5) is 0 Å². The Balaban J connectivity index is 1.92. The number of rotatable bonds is 6. The number of aromatic nitrogens is 3. The van der Waals surface area contributed by atoms with Crippen molar-refractivity contribution in [3.05, 3.63) is 35.9 Å². The van der Waals surface area contributed by atoms with Gasteiger partial charge in [0.05, 0.1) is 20.8 Å². The van der Waals surface area contributed by atoms with Crippen LogP contribution in [0.25, 0.3) is 0 Å². The normalized spacial score (nSPS) is 10.5. The molecule has 0 spiro atoms. The second-order valence-corrected chi connectivity index (χ2v) is 4.13. The smallest absolute Gasteiger partial charge is 0.164 e. The Morgan fingerprint density at radius 1 is 1.16 bits per heavy atom. The molecule has 1 aromatic heterocycles. The van der Waals surface area contributed by atoms with Gasteiger partial charge in [-0.25, -0.2) is 4.98 Å². The molecule has 0 aliphatic heterocycles. The number of nitrogens with zero attached hydrogens (tertiary/aromatic N) is 3. The van der Waals surface area contributed by atoms with E-state index in [2.05, 4.69) is 15.4 Å². The zero-order valence-corrected chi connectivity index (χ0v) is 11.4. The van der Waals surface area contributed by atoms with E-state index in [1.807, 2.05) is 25.2 Å². The Morgan fingerprint density at radius 3 is 2.58 bits per heavy atom. The molecule has 0 unspecified atom stereocenters. The summed E-state index contributed by atoms with van der Waals surface area (Å²) in [5, 5.41) is 7.49. The van der Waals surface area contributed by atoms with Crippen LogP contribution in [-0.2, 0) is 20.1 Å². The minimum atomic E-state index is 0.634. The minimum Gasteiger partial charge on any atom is -0.493 e. The van der Waals surface area contributed by atoms with E-state index in [1.165, 1.54) is 0 Å². The van der Waals surface area contributed by atoms with E-state index in [0.29, 0.717) is 6.54 Å². The van der Waals surface area contributed by atoms with Gasteiger partial charge in [-0.1, -0.05) is 6.07 Å². The van der Waals surface area contributed by atoms with Gasteiger partial charge in [0.15, 0.2) is 17.3 Å². The molecule has 0 radical (unpaired) electrons. The summed E-state index contributed by atoms with van der Waals surface area (Å²) in [5.74, 6) is 2.25. The van der Waals surface area contributed by atoms with Gasteiger partial charge in [0.25, 0.3) is 0 Å². The Labute approximate surface area is 112 Å². The summed E-state index contributed by atoms with van der Waals surface area (Å²) in [6, 6.07) is 5.85. The van der Waals surface area contributed by atoms with Crippen molar-refractivity contribution in [3.8, 4) is 11.5 Å². The molecular weight excluding hydrogens is 244 g/mol. The van der Waals surface area contributed by atoms with E-state index >= 15 is 0 Å². The number of aryl methyl sites for hydroxylation is 1. The fourth-order valence-corrected chi connectivity index (χ4v) is 1.77. The van der Waals surface area contributed by atoms with Crippen molar-refractivity contribution in [2.75, 3.05) is 14.2 Å². The monoisotopic (exact) mass is 262 g/mol. The fourth-order valence-electron chi connectivity index (χ4n) is 1.77. The SMILES string of the molecule is COc1ccc(CNCc2ncn(C)n2)cc1OC. The number of hydrogen-bond donors (Lipinski definition) is 1. The summed E-state index contributed by atoms with van der Waals surface area (Å²) in [7, 11) is 5.11. The second-order valence-electron chi connectivity index (χ2n) is 4.13. The molecule has 0 amide bonds. The zero-order valence-electron chi connectivity index (χ0n) is 11.4. The summed E-state index contributed by atoms with van der Waals surface area (Å²) in [6.07, 6.45) is 1.69. The van der Waals surface area contributed by atoms with Crippen LogP contribution in [0.2, 0.25) is 0 Å². The fraction of sp³-hybridized carbons (Fsp3) is 0.385. The predicted octanol–water partition coefficient (Wildman–Crippen LogP) is 1.12. The van der Waals surface area contributed by atoms with Crippen LogP contribution in [0.5, 0.6) is 11.5 Å². The van der Waals surface area contributed by atoms with Crippen LogP contribution in [0.1, 0.15) is 11.4 Å². The molecule has 0 bridgehead atoms. The van der Waals surface area contributed by atoms with E-state index in [0.717, 1.165) is 29.4 Å². The first-order valence-electron chi connectivity index (χ1n) is 5.99. The highest BCUT2D eigenvalue weighted by molar-refractivity contribution is 5.42. The van der Waals surface area contributed by atoms with Crippen LogP contribution in [-0.4, -0.2) is 29.0 Å². The van der Waals surface area contributed by atoms with Gasteiger partial charge in [-0.15, -0.1) is 0 Å². The van der Waals surface area contributed by atoms with Crippen molar-refractivity contribution in [2.45, 2.75) is 13.1 Å². The standard InChI is InChI=1S/C13H18N4O2/c1-17-9-15-13(16-17)8-14-7-10-4-5-11(18-2)12(6-10)19-3/h4-6,9,14H,7-8H2,1-3H3. The maximum atomic E-state index is 5.26. The lowest BCUT2D eigenvalue weighted by atomic mass is 10.2. The number of nitrogens with one attached hydrogen (secondary N) is 1. The van der Waals surface area contributed by atoms with Gasteiger partial charge in [0, 0.05) is 13.6 Å². The Bertz CT molecular complexity index is 539. The lowest BCUT2D eigenvalue weighted by Gasteiger charge is -2.09. The third kappa shape index (κ3) is 3.45. The van der Waals surface area contributed by atoms with Gasteiger partial charge < -0.3 is 14.8 Å². The Morgan fingerprint density at radius 2 is 1.95 bits per heavy atom. The van der Waals surface area contributed by atoms with Crippen LogP contribution in [0.15, 0.2) is 24.5 Å². The van der Waals surface area contributed by atoms with Crippen molar-refractivity contribution < 1.29 is 9.47 Å². The van der Waals surface area contributed by atoms with Gasteiger partial charge in [0.1, 0.15) is 6.33 Å². The van der Waals surface area contributed by atoms with Gasteiger partial charge in [0.2, 0.25) is 0 Å². The molecule has 0 aliphatic carbocycles. The zero-order chi connectivity index (χ0) is 13.7. The van der Waals surface area contributed by atoms with Crippen molar-refractivity contribution in [2.24, 2.45) is 7.05 Å². The molecule has 1 heterocycles. The molecule has 102 valence electrons. The quantitative estimate of drug-likeness (QED) is 0.845. The summed E-state index contributed by atoms with van der Waals surface area (Å²) in [6.45, 7) is 1.35.